The number of carbonyl (C=O) groups excluding carboxylic acids is 3. The summed E-state index contributed by atoms with van der Waals surface area (Å²) in [5.41, 5.74) is -4.64. The minimum absolute atomic E-state index is 0.340. The van der Waals surface area contributed by atoms with Crippen LogP contribution in [0.2, 0.25) is 0 Å². The average Bonchev–Trinajstić information content (AvgIpc) is 2.60. The van der Waals surface area contributed by atoms with Crippen molar-refractivity contribution in [3.63, 3.8) is 0 Å². The zero-order chi connectivity index (χ0) is 17.0. The maximum atomic E-state index is 15.1. The lowest BCUT2D eigenvalue weighted by molar-refractivity contribution is -0.136. The van der Waals surface area contributed by atoms with E-state index in [1.807, 2.05) is 0 Å². The molecule has 0 N–H and O–H groups in total. The van der Waals surface area contributed by atoms with Gasteiger partial charge in [-0.1, -0.05) is 60.7 Å². The normalized spacial score (nSPS) is 11.3. The van der Waals surface area contributed by atoms with Crippen molar-refractivity contribution in [2.75, 3.05) is 0 Å². The van der Waals surface area contributed by atoms with Crippen LogP contribution >= 0.6 is 0 Å². The number of hydrogen-bond acceptors (Lipinski definition) is 3. The number of rotatable bonds is 6. The van der Waals surface area contributed by atoms with Crippen molar-refractivity contribution in [1.29, 1.82) is 0 Å². The predicted molar refractivity (Wildman–Crippen MR) is 76.4 cm³/mol. The molecular formula is C17H11F3O3. The number of halogens is 3. The molecule has 0 heterocycles. The van der Waals surface area contributed by atoms with E-state index in [4.69, 9.17) is 0 Å². The number of ketones is 3. The summed E-state index contributed by atoms with van der Waals surface area (Å²) in [5.74, 6) is -5.56. The standard InChI is InChI=1S/C17H11F3O3/c18-16(19)15(23)17(20,13(21)11-7-3-1-4-8-11)14(22)12-9-5-2-6-10-12/h1-10,16H. The first-order valence-corrected chi connectivity index (χ1v) is 6.60. The fourth-order valence-corrected chi connectivity index (χ4v) is 2.05. The van der Waals surface area contributed by atoms with Crippen molar-refractivity contribution in [2.24, 2.45) is 0 Å². The highest BCUT2D eigenvalue weighted by Gasteiger charge is 2.56. The van der Waals surface area contributed by atoms with Crippen LogP contribution in [0.15, 0.2) is 60.7 Å². The second-order valence-electron chi connectivity index (χ2n) is 4.71. The van der Waals surface area contributed by atoms with Crippen molar-refractivity contribution >= 4 is 17.3 Å². The van der Waals surface area contributed by atoms with Crippen molar-refractivity contribution in [1.82, 2.24) is 0 Å². The van der Waals surface area contributed by atoms with Gasteiger partial charge in [0, 0.05) is 11.1 Å². The summed E-state index contributed by atoms with van der Waals surface area (Å²) >= 11 is 0. The molecule has 0 spiro atoms. The van der Waals surface area contributed by atoms with Gasteiger partial charge in [0.25, 0.3) is 17.9 Å². The summed E-state index contributed by atoms with van der Waals surface area (Å²) in [6, 6.07) is 13.1. The summed E-state index contributed by atoms with van der Waals surface area (Å²) in [6.45, 7) is 0. The molecule has 6 heteroatoms. The van der Waals surface area contributed by atoms with Crippen molar-refractivity contribution in [3.05, 3.63) is 71.8 Å². The third-order valence-corrected chi connectivity index (χ3v) is 3.24. The molecule has 118 valence electrons. The Kier molecular flexibility index (Phi) is 4.74. The molecule has 0 radical (unpaired) electrons. The Bertz CT molecular complexity index is 676. The van der Waals surface area contributed by atoms with Crippen LogP contribution in [0.3, 0.4) is 0 Å². The van der Waals surface area contributed by atoms with Crippen molar-refractivity contribution in [3.8, 4) is 0 Å². The number of hydrogen-bond donors (Lipinski definition) is 0. The fourth-order valence-electron chi connectivity index (χ4n) is 2.05. The highest BCUT2D eigenvalue weighted by atomic mass is 19.3. The molecule has 0 aliphatic rings. The molecule has 23 heavy (non-hydrogen) atoms. The Morgan fingerprint density at radius 1 is 0.739 bits per heavy atom. The van der Waals surface area contributed by atoms with E-state index in [1.165, 1.54) is 36.4 Å². The first-order chi connectivity index (χ1) is 10.9. The minimum Gasteiger partial charge on any atom is -0.289 e. The Hall–Kier alpha value is -2.76. The summed E-state index contributed by atoms with van der Waals surface area (Å²) in [6.07, 6.45) is -3.79. The Balaban J connectivity index is 2.55. The van der Waals surface area contributed by atoms with Gasteiger partial charge in [0.05, 0.1) is 0 Å². The van der Waals surface area contributed by atoms with Gasteiger partial charge in [-0.05, 0) is 0 Å². The molecule has 0 fully saturated rings. The van der Waals surface area contributed by atoms with Gasteiger partial charge in [-0.2, -0.15) is 0 Å². The molecule has 0 aliphatic carbocycles. The quantitative estimate of drug-likeness (QED) is 0.606. The lowest BCUT2D eigenvalue weighted by Crippen LogP contribution is -2.52. The van der Waals surface area contributed by atoms with Crippen LogP contribution in [0.1, 0.15) is 20.7 Å². The Morgan fingerprint density at radius 2 is 1.09 bits per heavy atom. The van der Waals surface area contributed by atoms with Crippen LogP contribution in [0.25, 0.3) is 0 Å². The number of carbonyl (C=O) groups is 3. The van der Waals surface area contributed by atoms with E-state index in [2.05, 4.69) is 0 Å². The molecule has 2 rings (SSSR count). The van der Waals surface area contributed by atoms with E-state index < -0.39 is 29.4 Å². The molecule has 0 aliphatic heterocycles. The van der Waals surface area contributed by atoms with Crippen LogP contribution in [0, 0.1) is 0 Å². The van der Waals surface area contributed by atoms with E-state index in [-0.39, 0.29) is 11.1 Å². The molecule has 0 amide bonds. The fraction of sp³-hybridized carbons (Fsp3) is 0.118. The Morgan fingerprint density at radius 3 is 1.39 bits per heavy atom. The van der Waals surface area contributed by atoms with Gasteiger partial charge in [-0.15, -0.1) is 0 Å². The molecule has 2 aromatic rings. The topological polar surface area (TPSA) is 51.2 Å². The third kappa shape index (κ3) is 3.06. The van der Waals surface area contributed by atoms with Crippen molar-refractivity contribution < 1.29 is 27.6 Å². The Labute approximate surface area is 129 Å². The summed E-state index contributed by atoms with van der Waals surface area (Å²) < 4.78 is 40.6. The summed E-state index contributed by atoms with van der Waals surface area (Å²) in [5, 5.41) is 0. The van der Waals surface area contributed by atoms with Gasteiger partial charge in [-0.3, -0.25) is 14.4 Å². The lowest BCUT2D eigenvalue weighted by atomic mass is 9.83. The van der Waals surface area contributed by atoms with Gasteiger partial charge in [0.1, 0.15) is 0 Å². The SMILES string of the molecule is O=C(c1ccccc1)C(F)(C(=O)c1ccccc1)C(=O)C(F)F. The highest BCUT2D eigenvalue weighted by molar-refractivity contribution is 6.36. The number of benzene rings is 2. The zero-order valence-corrected chi connectivity index (χ0v) is 11.7. The van der Waals surface area contributed by atoms with E-state index >= 15 is 4.39 Å². The van der Waals surface area contributed by atoms with Crippen LogP contribution < -0.4 is 0 Å². The molecule has 0 saturated heterocycles. The monoisotopic (exact) mass is 320 g/mol. The summed E-state index contributed by atoms with van der Waals surface area (Å²) in [4.78, 5) is 36.2. The second kappa shape index (κ2) is 6.56. The lowest BCUT2D eigenvalue weighted by Gasteiger charge is -2.21. The van der Waals surface area contributed by atoms with E-state index in [1.54, 1.807) is 0 Å². The second-order valence-corrected chi connectivity index (χ2v) is 4.71. The molecule has 0 saturated carbocycles. The van der Waals surface area contributed by atoms with E-state index in [0.717, 1.165) is 24.3 Å². The first-order valence-electron chi connectivity index (χ1n) is 6.60. The molecule has 2 aromatic carbocycles. The average molecular weight is 320 g/mol. The maximum Gasteiger partial charge on any atom is 0.300 e. The molecule has 3 nitrogen and oxygen atoms in total. The van der Waals surface area contributed by atoms with Crippen LogP contribution in [-0.2, 0) is 4.79 Å². The van der Waals surface area contributed by atoms with Gasteiger partial charge < -0.3 is 0 Å². The zero-order valence-electron chi connectivity index (χ0n) is 11.7. The van der Waals surface area contributed by atoms with Crippen molar-refractivity contribution in [2.45, 2.75) is 12.1 Å². The smallest absolute Gasteiger partial charge is 0.289 e. The predicted octanol–water partition coefficient (Wildman–Crippen LogP) is 3.29. The van der Waals surface area contributed by atoms with Crippen LogP contribution in [0.4, 0.5) is 13.2 Å². The molecular weight excluding hydrogens is 309 g/mol. The van der Waals surface area contributed by atoms with Gasteiger partial charge >= 0.3 is 0 Å². The molecule has 0 aromatic heterocycles. The number of alkyl halides is 3. The van der Waals surface area contributed by atoms with Gasteiger partial charge in [-0.25, -0.2) is 13.2 Å². The van der Waals surface area contributed by atoms with Crippen LogP contribution in [-0.4, -0.2) is 29.4 Å². The van der Waals surface area contributed by atoms with Crippen LogP contribution in [0.5, 0.6) is 0 Å². The first kappa shape index (κ1) is 16.6. The maximum absolute atomic E-state index is 15.1. The highest BCUT2D eigenvalue weighted by Crippen LogP contribution is 2.27. The number of Topliss-reactive ketones (excluding diaryl/α,β-unsaturated/α-hetero) is 3. The van der Waals surface area contributed by atoms with Gasteiger partial charge in [0.2, 0.25) is 11.6 Å². The minimum atomic E-state index is -3.96. The largest absolute Gasteiger partial charge is 0.300 e. The van der Waals surface area contributed by atoms with E-state index in [9.17, 15) is 23.2 Å². The van der Waals surface area contributed by atoms with Gasteiger partial charge in [0.15, 0.2) is 0 Å². The van der Waals surface area contributed by atoms with E-state index in [0.29, 0.717) is 0 Å². The molecule has 0 atom stereocenters. The molecule has 0 unspecified atom stereocenters. The summed E-state index contributed by atoms with van der Waals surface area (Å²) in [7, 11) is 0. The third-order valence-electron chi connectivity index (χ3n) is 3.24. The molecule has 0 bridgehead atoms.